The van der Waals surface area contributed by atoms with E-state index in [4.69, 9.17) is 4.74 Å². The van der Waals surface area contributed by atoms with E-state index in [-0.39, 0.29) is 40.5 Å². The van der Waals surface area contributed by atoms with Crippen LogP contribution in [0, 0.1) is 28.6 Å². The van der Waals surface area contributed by atoms with Gasteiger partial charge >= 0.3 is 11.9 Å². The zero-order valence-electron chi connectivity index (χ0n) is 13.4. The maximum absolute atomic E-state index is 12.1. The molecule has 3 heteroatoms. The summed E-state index contributed by atoms with van der Waals surface area (Å²) in [5, 5.41) is 0. The maximum atomic E-state index is 12.1. The molecule has 1 aliphatic rings. The van der Waals surface area contributed by atoms with Gasteiger partial charge in [-0.05, 0) is 16.7 Å². The van der Waals surface area contributed by atoms with E-state index in [2.05, 4.69) is 48.5 Å². The van der Waals surface area contributed by atoms with Crippen molar-refractivity contribution in [3.05, 3.63) is 0 Å². The molecule has 1 saturated heterocycles. The second-order valence-corrected chi connectivity index (χ2v) is 7.22. The number of esters is 2. The van der Waals surface area contributed by atoms with Gasteiger partial charge in [-0.2, -0.15) is 0 Å². The van der Waals surface area contributed by atoms with Gasteiger partial charge in [-0.25, -0.2) is 0 Å². The smallest absolute Gasteiger partial charge is 0.318 e. The Morgan fingerprint density at radius 1 is 1.05 bits per heavy atom. The van der Waals surface area contributed by atoms with Crippen LogP contribution in [0.4, 0.5) is 0 Å². The van der Waals surface area contributed by atoms with Crippen LogP contribution in [-0.4, -0.2) is 11.9 Å². The van der Waals surface area contributed by atoms with Crippen LogP contribution in [0.15, 0.2) is 0 Å². The Kier molecular flexibility index (Phi) is 4.48. The van der Waals surface area contributed by atoms with Crippen molar-refractivity contribution in [3.8, 4) is 0 Å². The molecule has 0 aromatic carbocycles. The van der Waals surface area contributed by atoms with Gasteiger partial charge in [-0.1, -0.05) is 61.3 Å². The van der Waals surface area contributed by atoms with E-state index in [1.54, 1.807) is 0 Å². The van der Waals surface area contributed by atoms with Gasteiger partial charge in [0.1, 0.15) is 0 Å². The monoisotopic (exact) mass is 268 g/mol. The molecule has 0 spiro atoms. The first-order valence-electron chi connectivity index (χ1n) is 7.34. The van der Waals surface area contributed by atoms with E-state index in [0.29, 0.717) is 0 Å². The number of rotatable bonds is 5. The summed E-state index contributed by atoms with van der Waals surface area (Å²) in [5.41, 5.74) is -0.178. The quantitative estimate of drug-likeness (QED) is 0.562. The van der Waals surface area contributed by atoms with Crippen LogP contribution < -0.4 is 0 Å². The Morgan fingerprint density at radius 3 is 2.00 bits per heavy atom. The van der Waals surface area contributed by atoms with Crippen molar-refractivity contribution in [2.24, 2.45) is 28.6 Å². The van der Waals surface area contributed by atoms with Crippen molar-refractivity contribution in [3.63, 3.8) is 0 Å². The normalized spacial score (nSPS) is 26.5. The maximum Gasteiger partial charge on any atom is 0.318 e. The summed E-state index contributed by atoms with van der Waals surface area (Å²) < 4.78 is 4.96. The molecule has 0 saturated carbocycles. The molecule has 0 amide bonds. The molecule has 19 heavy (non-hydrogen) atoms. The fourth-order valence-electron chi connectivity index (χ4n) is 2.84. The highest BCUT2D eigenvalue weighted by molar-refractivity contribution is 5.97. The SMILES string of the molecule is CCC(C)(C)C(C)C1C(=O)OC(=O)C1C(C)(C)CC. The predicted octanol–water partition coefficient (Wildman–Crippen LogP) is 3.81. The molecule has 0 aromatic rings. The molecule has 1 heterocycles. The topological polar surface area (TPSA) is 43.4 Å². The fraction of sp³-hybridized carbons (Fsp3) is 0.875. The number of hydrogen-bond donors (Lipinski definition) is 0. The van der Waals surface area contributed by atoms with E-state index >= 15 is 0 Å². The van der Waals surface area contributed by atoms with Crippen molar-refractivity contribution in [1.82, 2.24) is 0 Å². The van der Waals surface area contributed by atoms with Crippen LogP contribution in [0.25, 0.3) is 0 Å². The molecular weight excluding hydrogens is 240 g/mol. The molecule has 0 radical (unpaired) electrons. The van der Waals surface area contributed by atoms with Gasteiger partial charge in [0, 0.05) is 0 Å². The largest absolute Gasteiger partial charge is 0.393 e. The summed E-state index contributed by atoms with van der Waals surface area (Å²) in [6.07, 6.45) is 1.83. The Hall–Kier alpha value is -0.860. The molecule has 0 aliphatic carbocycles. The highest BCUT2D eigenvalue weighted by Crippen LogP contribution is 2.48. The molecule has 3 nitrogen and oxygen atoms in total. The van der Waals surface area contributed by atoms with E-state index in [0.717, 1.165) is 12.8 Å². The van der Waals surface area contributed by atoms with Crippen molar-refractivity contribution < 1.29 is 14.3 Å². The summed E-state index contributed by atoms with van der Waals surface area (Å²) in [5.74, 6) is -1.15. The highest BCUT2D eigenvalue weighted by Gasteiger charge is 2.55. The third-order valence-electron chi connectivity index (χ3n) is 5.52. The second kappa shape index (κ2) is 5.26. The average molecular weight is 268 g/mol. The molecule has 1 fully saturated rings. The minimum Gasteiger partial charge on any atom is -0.393 e. The standard InChI is InChI=1S/C16H28O3/c1-8-15(4,5)10(3)11-12(16(6,7)9-2)14(18)19-13(11)17/h10-12H,8-9H2,1-7H3. The Morgan fingerprint density at radius 2 is 1.58 bits per heavy atom. The zero-order valence-corrected chi connectivity index (χ0v) is 13.4. The predicted molar refractivity (Wildman–Crippen MR) is 75.4 cm³/mol. The third-order valence-corrected chi connectivity index (χ3v) is 5.52. The summed E-state index contributed by atoms with van der Waals surface area (Å²) >= 11 is 0. The highest BCUT2D eigenvalue weighted by atomic mass is 16.6. The lowest BCUT2D eigenvalue weighted by Crippen LogP contribution is -2.40. The minimum atomic E-state index is -0.333. The number of carbonyl (C=O) groups excluding carboxylic acids is 2. The summed E-state index contributed by atoms with van der Waals surface area (Å²) in [6, 6.07) is 0. The lowest BCUT2D eigenvalue weighted by Gasteiger charge is -2.39. The molecule has 3 atom stereocenters. The van der Waals surface area contributed by atoms with Gasteiger partial charge in [-0.3, -0.25) is 9.59 Å². The van der Waals surface area contributed by atoms with Crippen LogP contribution in [0.3, 0.4) is 0 Å². The lowest BCUT2D eigenvalue weighted by atomic mass is 9.62. The molecule has 1 rings (SSSR count). The zero-order chi connectivity index (χ0) is 15.0. The van der Waals surface area contributed by atoms with E-state index in [1.165, 1.54) is 0 Å². The summed E-state index contributed by atoms with van der Waals surface area (Å²) in [7, 11) is 0. The first-order valence-corrected chi connectivity index (χ1v) is 7.34. The first kappa shape index (κ1) is 16.2. The molecular formula is C16H28O3. The van der Waals surface area contributed by atoms with E-state index in [1.807, 2.05) is 0 Å². The summed E-state index contributed by atoms with van der Waals surface area (Å²) in [6.45, 7) is 14.7. The van der Waals surface area contributed by atoms with Crippen molar-refractivity contribution >= 4 is 11.9 Å². The van der Waals surface area contributed by atoms with Gasteiger partial charge in [0.05, 0.1) is 11.8 Å². The minimum absolute atomic E-state index is 0.0242. The van der Waals surface area contributed by atoms with Crippen molar-refractivity contribution in [2.45, 2.75) is 61.3 Å². The van der Waals surface area contributed by atoms with Gasteiger partial charge in [-0.15, -0.1) is 0 Å². The number of ether oxygens (including phenoxy) is 1. The van der Waals surface area contributed by atoms with Gasteiger partial charge in [0.2, 0.25) is 0 Å². The van der Waals surface area contributed by atoms with Crippen molar-refractivity contribution in [1.29, 1.82) is 0 Å². The van der Waals surface area contributed by atoms with Gasteiger partial charge in [0.25, 0.3) is 0 Å². The van der Waals surface area contributed by atoms with E-state index in [9.17, 15) is 9.59 Å². The Labute approximate surface area is 117 Å². The average Bonchev–Trinajstić information content (AvgIpc) is 2.63. The Balaban J connectivity index is 3.15. The van der Waals surface area contributed by atoms with E-state index < -0.39 is 0 Å². The fourth-order valence-corrected chi connectivity index (χ4v) is 2.84. The molecule has 3 unspecified atom stereocenters. The molecule has 0 bridgehead atoms. The van der Waals surface area contributed by atoms with Crippen LogP contribution in [0.1, 0.15) is 61.3 Å². The molecule has 1 aliphatic heterocycles. The molecule has 0 aromatic heterocycles. The van der Waals surface area contributed by atoms with Gasteiger partial charge < -0.3 is 4.74 Å². The third kappa shape index (κ3) is 2.85. The summed E-state index contributed by atoms with van der Waals surface area (Å²) in [4.78, 5) is 24.2. The van der Waals surface area contributed by atoms with Crippen LogP contribution in [0.5, 0.6) is 0 Å². The first-order chi connectivity index (χ1) is 8.58. The number of hydrogen-bond acceptors (Lipinski definition) is 3. The van der Waals surface area contributed by atoms with Gasteiger partial charge in [0.15, 0.2) is 0 Å². The lowest BCUT2D eigenvalue weighted by molar-refractivity contribution is -0.155. The van der Waals surface area contributed by atoms with Crippen LogP contribution in [-0.2, 0) is 14.3 Å². The molecule has 110 valence electrons. The number of cyclic esters (lactones) is 2. The van der Waals surface area contributed by atoms with Crippen LogP contribution >= 0.6 is 0 Å². The van der Waals surface area contributed by atoms with Crippen LogP contribution in [0.2, 0.25) is 0 Å². The molecule has 0 N–H and O–H groups in total. The Bertz CT molecular complexity index is 368. The second-order valence-electron chi connectivity index (χ2n) is 7.22. The number of carbonyl (C=O) groups is 2. The van der Waals surface area contributed by atoms with Crippen molar-refractivity contribution in [2.75, 3.05) is 0 Å².